The minimum Gasteiger partial charge on any atom is -0.508 e. The molecule has 0 aliphatic heterocycles. The van der Waals surface area contributed by atoms with E-state index in [9.17, 15) is 14.7 Å². The van der Waals surface area contributed by atoms with Crippen LogP contribution in [0.3, 0.4) is 0 Å². The van der Waals surface area contributed by atoms with Crippen LogP contribution >= 0.6 is 23.1 Å². The number of benzene rings is 2. The van der Waals surface area contributed by atoms with Crippen LogP contribution in [0.2, 0.25) is 0 Å². The molecule has 2 aromatic carbocycles. The number of nitrogens with zero attached hydrogens (tertiary/aromatic N) is 3. The number of hydrogen-bond donors (Lipinski definition) is 2. The molecule has 2 aromatic heterocycles. The van der Waals surface area contributed by atoms with Crippen LogP contribution in [-0.2, 0) is 17.6 Å². The van der Waals surface area contributed by atoms with Crippen LogP contribution in [0.25, 0.3) is 15.9 Å². The van der Waals surface area contributed by atoms with Gasteiger partial charge in [-0.25, -0.2) is 10.4 Å². The Balaban J connectivity index is 1.42. The van der Waals surface area contributed by atoms with Crippen LogP contribution in [-0.4, -0.2) is 32.5 Å². The second kappa shape index (κ2) is 10.1. The van der Waals surface area contributed by atoms with Crippen molar-refractivity contribution in [2.45, 2.75) is 37.8 Å². The van der Waals surface area contributed by atoms with E-state index in [-0.39, 0.29) is 23.0 Å². The fraction of sp³-hybridized carbons (Fsp3) is 0.231. The van der Waals surface area contributed by atoms with Gasteiger partial charge in [-0.15, -0.1) is 11.3 Å². The quantitative estimate of drug-likeness (QED) is 0.173. The molecule has 2 heterocycles. The second-order valence-corrected chi connectivity index (χ2v) is 10.5. The highest BCUT2D eigenvalue weighted by Gasteiger charge is 2.23. The molecule has 0 saturated carbocycles. The standard InChI is InChI=1S/C26H24N4O3S2/c1-16-6-10-18(11-7-16)30-25(33)23-20-4-2-3-5-21(20)35-24(23)28-26(30)34-15-22(32)29-27-14-17-8-12-19(31)13-9-17/h6-14,31H,2-5,15H2,1H3,(H,29,32). The lowest BCUT2D eigenvalue weighted by atomic mass is 9.97. The number of aromatic nitrogens is 2. The maximum Gasteiger partial charge on any atom is 0.267 e. The van der Waals surface area contributed by atoms with Gasteiger partial charge in [0.1, 0.15) is 10.6 Å². The molecule has 1 aliphatic carbocycles. The SMILES string of the molecule is Cc1ccc(-n2c(SCC(=O)NN=Cc3ccc(O)cc3)nc3sc4c(c3c2=O)CCCC4)cc1. The Morgan fingerprint density at radius 1 is 1.17 bits per heavy atom. The zero-order valence-corrected chi connectivity index (χ0v) is 20.8. The van der Waals surface area contributed by atoms with Crippen molar-refractivity contribution < 1.29 is 9.90 Å². The van der Waals surface area contributed by atoms with Crippen molar-refractivity contribution in [1.82, 2.24) is 15.0 Å². The first-order chi connectivity index (χ1) is 17.0. The number of rotatable bonds is 6. The molecule has 35 heavy (non-hydrogen) atoms. The molecule has 0 saturated heterocycles. The van der Waals surface area contributed by atoms with Crippen molar-refractivity contribution in [3.63, 3.8) is 0 Å². The maximum absolute atomic E-state index is 13.7. The van der Waals surface area contributed by atoms with Crippen LogP contribution in [0.5, 0.6) is 5.75 Å². The summed E-state index contributed by atoms with van der Waals surface area (Å²) < 4.78 is 1.63. The van der Waals surface area contributed by atoms with E-state index in [2.05, 4.69) is 10.5 Å². The molecule has 4 aromatic rings. The molecular weight excluding hydrogens is 480 g/mol. The summed E-state index contributed by atoms with van der Waals surface area (Å²) >= 11 is 2.82. The van der Waals surface area contributed by atoms with Crippen LogP contribution in [0, 0.1) is 6.92 Å². The van der Waals surface area contributed by atoms with Gasteiger partial charge in [0.05, 0.1) is 23.0 Å². The van der Waals surface area contributed by atoms with Crippen LogP contribution in [0.4, 0.5) is 0 Å². The van der Waals surface area contributed by atoms with Crippen molar-refractivity contribution >= 4 is 45.4 Å². The third kappa shape index (κ3) is 5.01. The molecule has 0 unspecified atom stereocenters. The number of carbonyl (C=O) groups is 1. The summed E-state index contributed by atoms with van der Waals surface area (Å²) in [7, 11) is 0. The molecule has 178 valence electrons. The topological polar surface area (TPSA) is 96.6 Å². The summed E-state index contributed by atoms with van der Waals surface area (Å²) in [6, 6.07) is 14.2. The average molecular weight is 505 g/mol. The number of phenols is 1. The van der Waals surface area contributed by atoms with E-state index in [4.69, 9.17) is 4.98 Å². The first kappa shape index (κ1) is 23.3. The third-order valence-corrected chi connectivity index (χ3v) is 8.00. The number of hydrogen-bond acceptors (Lipinski definition) is 7. The molecule has 7 nitrogen and oxygen atoms in total. The normalized spacial score (nSPS) is 13.3. The van der Waals surface area contributed by atoms with Crippen LogP contribution < -0.4 is 11.0 Å². The van der Waals surface area contributed by atoms with Gasteiger partial charge in [0.15, 0.2) is 5.16 Å². The van der Waals surface area contributed by atoms with Gasteiger partial charge in [-0.3, -0.25) is 14.2 Å². The molecule has 9 heteroatoms. The molecule has 5 rings (SSSR count). The third-order valence-electron chi connectivity index (χ3n) is 5.88. The minimum absolute atomic E-state index is 0.0574. The lowest BCUT2D eigenvalue weighted by Gasteiger charge is -2.13. The molecule has 0 bridgehead atoms. The Kier molecular flexibility index (Phi) is 6.70. The van der Waals surface area contributed by atoms with Crippen molar-refractivity contribution in [3.8, 4) is 11.4 Å². The number of aryl methyl sites for hydroxylation is 3. The molecule has 0 radical (unpaired) electrons. The zero-order valence-electron chi connectivity index (χ0n) is 19.2. The fourth-order valence-corrected chi connectivity index (χ4v) is 6.21. The first-order valence-electron chi connectivity index (χ1n) is 11.4. The number of fused-ring (bicyclic) bond motifs is 3. The van der Waals surface area contributed by atoms with Crippen molar-refractivity contribution in [3.05, 3.63) is 80.5 Å². The van der Waals surface area contributed by atoms with Crippen molar-refractivity contribution in [2.24, 2.45) is 5.10 Å². The number of thioether (sulfide) groups is 1. The van der Waals surface area contributed by atoms with Gasteiger partial charge in [-0.1, -0.05) is 29.5 Å². The summed E-state index contributed by atoms with van der Waals surface area (Å²) in [4.78, 5) is 33.1. The summed E-state index contributed by atoms with van der Waals surface area (Å²) in [5, 5.41) is 14.5. The number of nitrogens with one attached hydrogen (secondary N) is 1. The largest absolute Gasteiger partial charge is 0.508 e. The number of amides is 1. The summed E-state index contributed by atoms with van der Waals surface area (Å²) in [5.41, 5.74) is 6.16. The van der Waals surface area contributed by atoms with Crippen LogP contribution in [0.1, 0.15) is 34.4 Å². The van der Waals surface area contributed by atoms with Gasteiger partial charge in [0.25, 0.3) is 11.5 Å². The van der Waals surface area contributed by atoms with Crippen molar-refractivity contribution in [1.29, 1.82) is 0 Å². The van der Waals surface area contributed by atoms with E-state index in [1.165, 1.54) is 22.9 Å². The lowest BCUT2D eigenvalue weighted by molar-refractivity contribution is -0.118. The highest BCUT2D eigenvalue weighted by molar-refractivity contribution is 7.99. The van der Waals surface area contributed by atoms with E-state index in [1.807, 2.05) is 31.2 Å². The molecule has 1 amide bonds. The summed E-state index contributed by atoms with van der Waals surface area (Å²) in [6.07, 6.45) is 5.63. The minimum atomic E-state index is -0.305. The Bertz CT molecular complexity index is 1470. The smallest absolute Gasteiger partial charge is 0.267 e. The first-order valence-corrected chi connectivity index (χ1v) is 13.2. The van der Waals surface area contributed by atoms with Crippen LogP contribution in [0.15, 0.2) is 63.6 Å². The molecule has 0 atom stereocenters. The average Bonchev–Trinajstić information content (AvgIpc) is 3.23. The monoisotopic (exact) mass is 504 g/mol. The Morgan fingerprint density at radius 3 is 2.69 bits per heavy atom. The van der Waals surface area contributed by atoms with E-state index < -0.39 is 0 Å². The summed E-state index contributed by atoms with van der Waals surface area (Å²) in [5.74, 6) is -0.0829. The van der Waals surface area contributed by atoms with E-state index in [1.54, 1.807) is 40.2 Å². The van der Waals surface area contributed by atoms with Gasteiger partial charge >= 0.3 is 0 Å². The predicted molar refractivity (Wildman–Crippen MR) is 141 cm³/mol. The van der Waals surface area contributed by atoms with E-state index in [0.29, 0.717) is 5.16 Å². The molecule has 2 N–H and O–H groups in total. The highest BCUT2D eigenvalue weighted by Crippen LogP contribution is 2.35. The fourth-order valence-electron chi connectivity index (χ4n) is 4.11. The number of aromatic hydroxyl groups is 1. The lowest BCUT2D eigenvalue weighted by Crippen LogP contribution is -2.24. The summed E-state index contributed by atoms with van der Waals surface area (Å²) in [6.45, 7) is 2.00. The Labute approximate surface area is 210 Å². The number of thiophene rings is 1. The number of phenolic OH excluding ortho intramolecular Hbond substituents is 1. The van der Waals surface area contributed by atoms with Gasteiger partial charge in [0, 0.05) is 4.88 Å². The predicted octanol–water partition coefficient (Wildman–Crippen LogP) is 4.58. The molecule has 1 aliphatic rings. The highest BCUT2D eigenvalue weighted by atomic mass is 32.2. The Morgan fingerprint density at radius 2 is 1.91 bits per heavy atom. The molecule has 0 fully saturated rings. The zero-order chi connectivity index (χ0) is 24.4. The van der Waals surface area contributed by atoms with Gasteiger partial charge in [-0.2, -0.15) is 5.10 Å². The Hall–Kier alpha value is -3.43. The number of carbonyl (C=O) groups excluding carboxylic acids is 1. The molecular formula is C26H24N4O3S2. The maximum atomic E-state index is 13.7. The number of hydrazone groups is 1. The second-order valence-electron chi connectivity index (χ2n) is 8.43. The molecule has 0 spiro atoms. The van der Waals surface area contributed by atoms with Gasteiger partial charge in [-0.05, 0) is 80.1 Å². The van der Waals surface area contributed by atoms with Gasteiger partial charge in [0.2, 0.25) is 0 Å². The van der Waals surface area contributed by atoms with Crippen molar-refractivity contribution in [2.75, 3.05) is 5.75 Å². The van der Waals surface area contributed by atoms with E-state index >= 15 is 0 Å². The van der Waals surface area contributed by atoms with E-state index in [0.717, 1.165) is 58.3 Å². The van der Waals surface area contributed by atoms with Gasteiger partial charge < -0.3 is 5.11 Å².